The van der Waals surface area contributed by atoms with Crippen LogP contribution in [0.3, 0.4) is 0 Å². The van der Waals surface area contributed by atoms with Crippen LogP contribution < -0.4 is 0 Å². The highest BCUT2D eigenvalue weighted by molar-refractivity contribution is 6.14. The first kappa shape index (κ1) is 76.4. The summed E-state index contributed by atoms with van der Waals surface area (Å²) in [6.45, 7) is 39.6. The Bertz CT molecular complexity index is 3940. The van der Waals surface area contributed by atoms with Gasteiger partial charge in [0.05, 0.1) is 0 Å². The molecule has 0 aromatic heterocycles. The molecule has 8 atom stereocenters. The third-order valence-corrected chi connectivity index (χ3v) is 23.4. The van der Waals surface area contributed by atoms with Crippen LogP contribution in [-0.2, 0) is 11.8 Å². The summed E-state index contributed by atoms with van der Waals surface area (Å²) in [5, 5.41) is 0. The first-order valence-electron chi connectivity index (χ1n) is 38.4. The highest BCUT2D eigenvalue weighted by Gasteiger charge is 2.34. The van der Waals surface area contributed by atoms with Gasteiger partial charge in [-0.15, -0.1) is 0 Å². The molecule has 3 nitrogen and oxygen atoms in total. The van der Waals surface area contributed by atoms with Crippen LogP contribution in [0.2, 0.25) is 0 Å². The molecule has 0 heterocycles. The molecule has 526 valence electrons. The van der Waals surface area contributed by atoms with Crippen LogP contribution in [-0.4, -0.2) is 17.3 Å². The Kier molecular flexibility index (Phi) is 26.6. The van der Waals surface area contributed by atoms with E-state index in [-0.39, 0.29) is 22.8 Å². The molecule has 8 aromatic rings. The maximum atomic E-state index is 14.1. The third kappa shape index (κ3) is 18.7. The smallest absolute Gasteiger partial charge is 0.193 e. The number of hydrogen-bond donors (Lipinski definition) is 0. The van der Waals surface area contributed by atoms with Crippen molar-refractivity contribution in [2.24, 2.45) is 23.7 Å². The highest BCUT2D eigenvalue weighted by Crippen LogP contribution is 2.48. The number of ketones is 3. The van der Waals surface area contributed by atoms with Crippen molar-refractivity contribution in [1.82, 2.24) is 0 Å². The minimum atomic E-state index is -0.0613. The van der Waals surface area contributed by atoms with Crippen molar-refractivity contribution in [3.05, 3.63) is 294 Å². The quantitative estimate of drug-likeness (QED) is 0.0805. The van der Waals surface area contributed by atoms with Gasteiger partial charge < -0.3 is 0 Å². The monoisotopic (exact) mass is 1330 g/mol. The second-order valence-electron chi connectivity index (χ2n) is 32.8. The minimum Gasteiger partial charge on any atom is -0.289 e. The normalized spacial score (nSPS) is 20.0. The second-order valence-corrected chi connectivity index (χ2v) is 32.8. The predicted molar refractivity (Wildman–Crippen MR) is 427 cm³/mol. The average Bonchev–Trinajstić information content (AvgIpc) is 0.813. The molecule has 0 amide bonds. The molecule has 3 aliphatic carbocycles. The summed E-state index contributed by atoms with van der Waals surface area (Å²) >= 11 is 0. The zero-order chi connectivity index (χ0) is 72.1. The van der Waals surface area contributed by atoms with Gasteiger partial charge in [0.1, 0.15) is 0 Å². The van der Waals surface area contributed by atoms with E-state index in [1.807, 2.05) is 54.6 Å². The lowest BCUT2D eigenvalue weighted by Crippen LogP contribution is -2.21. The molecule has 3 saturated carbocycles. The Balaban J connectivity index is 0.000000176. The molecule has 0 N–H and O–H groups in total. The SMILES string of the molecule is CC(C)=C(C)c1ccc(C2CCC(C)C(c3ccccc3)C2)cc1C(=O)c1ccccc1C(C)C.CC(C)=C(C)c1ccc(C2CCC(C)C(c3ccccc3)C2)cc1C(=O)c1ccccc1C(C)C.CC(C)c1ccccc1C(=O)c1cc(CCC2CCCCC2C)ccc1C(C)(C)C. The largest absolute Gasteiger partial charge is 0.289 e. The molecule has 8 unspecified atom stereocenters. The summed E-state index contributed by atoms with van der Waals surface area (Å²) in [5.41, 5.74) is 23.5. The Morgan fingerprint density at radius 1 is 0.370 bits per heavy atom. The lowest BCUT2D eigenvalue weighted by molar-refractivity contribution is 0.102. The lowest BCUT2D eigenvalue weighted by Gasteiger charge is -2.35. The maximum Gasteiger partial charge on any atom is 0.193 e. The van der Waals surface area contributed by atoms with Crippen molar-refractivity contribution in [3.8, 4) is 0 Å². The van der Waals surface area contributed by atoms with Gasteiger partial charge >= 0.3 is 0 Å². The van der Waals surface area contributed by atoms with Gasteiger partial charge in [-0.3, -0.25) is 14.4 Å². The lowest BCUT2D eigenvalue weighted by atomic mass is 9.69. The van der Waals surface area contributed by atoms with Crippen LogP contribution in [0.15, 0.2) is 199 Å². The van der Waals surface area contributed by atoms with Crippen molar-refractivity contribution in [2.75, 3.05) is 0 Å². The van der Waals surface area contributed by atoms with Crippen LogP contribution in [0.1, 0.15) is 346 Å². The standard InChI is InChI=1S/2C34H40O.C29H40O/c2*1-22(2)25(6)30-19-18-28(21-33(30)34(35)31-15-11-10-14-29(31)23(3)4)27-17-16-24(5)32(20-27)26-12-8-7-9-13-26;1-20(2)24-13-9-10-14-25(24)28(30)26-19-22(16-18-27(26)29(4,5)6)15-17-23-12-8-7-11-21(23)3/h2*7-15,18-19,21,23-24,27,32H,16-17,20H2,1-6H3;9-10,13-14,16,18-21,23H,7-8,11-12,15,17H2,1-6H3. The summed E-state index contributed by atoms with van der Waals surface area (Å²) in [5.74, 6) is 6.53. The number of carbonyl (C=O) groups is 3. The Hall–Kier alpha value is -7.75. The molecular weight excluding hydrogens is 1210 g/mol. The number of rotatable bonds is 18. The molecule has 11 rings (SSSR count). The molecule has 0 saturated heterocycles. The van der Waals surface area contributed by atoms with Gasteiger partial charge in [0.15, 0.2) is 17.3 Å². The van der Waals surface area contributed by atoms with Gasteiger partial charge in [0.2, 0.25) is 0 Å². The van der Waals surface area contributed by atoms with E-state index < -0.39 is 0 Å². The second kappa shape index (κ2) is 34.7. The Labute approximate surface area is 605 Å². The summed E-state index contributed by atoms with van der Waals surface area (Å²) < 4.78 is 0. The molecule has 0 bridgehead atoms. The van der Waals surface area contributed by atoms with E-state index in [1.165, 1.54) is 108 Å². The molecule has 8 aromatic carbocycles. The van der Waals surface area contributed by atoms with Gasteiger partial charge in [-0.2, -0.15) is 0 Å². The Morgan fingerprint density at radius 3 is 1.13 bits per heavy atom. The molecule has 100 heavy (non-hydrogen) atoms. The van der Waals surface area contributed by atoms with Gasteiger partial charge in [0, 0.05) is 33.4 Å². The number of benzene rings is 8. The maximum absolute atomic E-state index is 14.1. The van der Waals surface area contributed by atoms with Crippen molar-refractivity contribution in [1.29, 1.82) is 0 Å². The van der Waals surface area contributed by atoms with E-state index in [1.54, 1.807) is 0 Å². The number of carbonyl (C=O) groups excluding carboxylic acids is 3. The van der Waals surface area contributed by atoms with Gasteiger partial charge in [-0.05, 0) is 254 Å². The predicted octanol–water partition coefficient (Wildman–Crippen LogP) is 27.2. The van der Waals surface area contributed by atoms with Crippen molar-refractivity contribution in [3.63, 3.8) is 0 Å². The molecule has 3 fully saturated rings. The molecule has 0 spiro atoms. The fourth-order valence-corrected chi connectivity index (χ4v) is 16.6. The summed E-state index contributed by atoms with van der Waals surface area (Å²) in [7, 11) is 0. The Morgan fingerprint density at radius 2 is 0.750 bits per heavy atom. The van der Waals surface area contributed by atoms with Gasteiger partial charge in [0.25, 0.3) is 0 Å². The fraction of sp³-hybridized carbons (Fsp3) is 0.433. The third-order valence-electron chi connectivity index (χ3n) is 23.4. The summed E-state index contributed by atoms with van der Waals surface area (Å²) in [6, 6.07) is 66.5. The first-order valence-corrected chi connectivity index (χ1v) is 38.4. The van der Waals surface area contributed by atoms with Crippen molar-refractivity contribution >= 4 is 28.5 Å². The number of allylic oxidation sites excluding steroid dienone is 4. The van der Waals surface area contributed by atoms with E-state index in [0.29, 0.717) is 53.3 Å². The van der Waals surface area contributed by atoms with Crippen LogP contribution >= 0.6 is 0 Å². The molecular formula is C97H120O3. The minimum absolute atomic E-state index is 0.0613. The zero-order valence-electron chi connectivity index (χ0n) is 64.5. The van der Waals surface area contributed by atoms with E-state index >= 15 is 0 Å². The van der Waals surface area contributed by atoms with Gasteiger partial charge in [-0.25, -0.2) is 0 Å². The fourth-order valence-electron chi connectivity index (χ4n) is 16.6. The van der Waals surface area contributed by atoms with Crippen LogP contribution in [0.25, 0.3) is 11.1 Å². The highest BCUT2D eigenvalue weighted by atomic mass is 16.1. The summed E-state index contributed by atoms with van der Waals surface area (Å²) in [4.78, 5) is 41.9. The topological polar surface area (TPSA) is 51.2 Å². The van der Waals surface area contributed by atoms with Gasteiger partial charge in [-0.1, -0.05) is 290 Å². The zero-order valence-corrected chi connectivity index (χ0v) is 64.5. The van der Waals surface area contributed by atoms with E-state index in [9.17, 15) is 14.4 Å². The van der Waals surface area contributed by atoms with Crippen LogP contribution in [0, 0.1) is 23.7 Å². The van der Waals surface area contributed by atoms with E-state index in [0.717, 1.165) is 97.9 Å². The first-order chi connectivity index (χ1) is 47.7. The van der Waals surface area contributed by atoms with Crippen molar-refractivity contribution in [2.45, 2.75) is 249 Å². The molecule has 0 aliphatic heterocycles. The molecule has 0 radical (unpaired) electrons. The van der Waals surface area contributed by atoms with E-state index in [2.05, 4.69) is 258 Å². The molecule has 3 aliphatic rings. The van der Waals surface area contributed by atoms with Crippen LogP contribution in [0.4, 0.5) is 0 Å². The molecule has 3 heteroatoms. The number of hydrogen-bond acceptors (Lipinski definition) is 3. The number of aryl methyl sites for hydroxylation is 1. The average molecular weight is 1330 g/mol. The van der Waals surface area contributed by atoms with Crippen LogP contribution in [0.5, 0.6) is 0 Å². The van der Waals surface area contributed by atoms with E-state index in [4.69, 9.17) is 0 Å². The summed E-state index contributed by atoms with van der Waals surface area (Å²) in [6.07, 6.45) is 14.9. The van der Waals surface area contributed by atoms with Crippen molar-refractivity contribution < 1.29 is 14.4 Å².